The topological polar surface area (TPSA) is 67.6 Å². The van der Waals surface area contributed by atoms with E-state index in [1.165, 1.54) is 25.7 Å². The van der Waals surface area contributed by atoms with Gasteiger partial charge in [0.25, 0.3) is 0 Å². The van der Waals surface area contributed by atoms with Crippen LogP contribution >= 0.6 is 0 Å². The monoisotopic (exact) mass is 295 g/mol. The molecule has 5 heteroatoms. The predicted molar refractivity (Wildman–Crippen MR) is 81.9 cm³/mol. The number of amides is 1. The minimum Gasteiger partial charge on any atom is -0.364 e. The molecule has 3 aliphatic rings. The summed E-state index contributed by atoms with van der Waals surface area (Å²) in [7, 11) is 0. The van der Waals surface area contributed by atoms with Gasteiger partial charge in [-0.1, -0.05) is 12.8 Å². The van der Waals surface area contributed by atoms with Gasteiger partial charge < -0.3 is 20.7 Å². The van der Waals surface area contributed by atoms with Crippen molar-refractivity contribution in [3.05, 3.63) is 0 Å². The van der Waals surface area contributed by atoms with Crippen molar-refractivity contribution in [2.24, 2.45) is 5.73 Å². The molecule has 2 atom stereocenters. The highest BCUT2D eigenvalue weighted by molar-refractivity contribution is 5.81. The maximum Gasteiger partial charge on any atom is 0.249 e. The van der Waals surface area contributed by atoms with Crippen LogP contribution in [0.1, 0.15) is 51.4 Å². The van der Waals surface area contributed by atoms with Crippen molar-refractivity contribution >= 4 is 5.91 Å². The van der Waals surface area contributed by atoms with E-state index in [0.29, 0.717) is 12.6 Å². The molecule has 0 aromatic heterocycles. The van der Waals surface area contributed by atoms with Crippen LogP contribution in [0.3, 0.4) is 0 Å². The minimum absolute atomic E-state index is 0.0740. The van der Waals surface area contributed by atoms with Crippen LogP contribution in [0.4, 0.5) is 0 Å². The van der Waals surface area contributed by atoms with Gasteiger partial charge in [-0.3, -0.25) is 4.79 Å². The van der Waals surface area contributed by atoms with Gasteiger partial charge in [-0.05, 0) is 38.5 Å². The lowest BCUT2D eigenvalue weighted by molar-refractivity contribution is -0.132. The molecular weight excluding hydrogens is 266 g/mol. The van der Waals surface area contributed by atoms with E-state index < -0.39 is 0 Å². The maximum atomic E-state index is 12.2. The van der Waals surface area contributed by atoms with Gasteiger partial charge in [0.1, 0.15) is 6.10 Å². The normalized spacial score (nSPS) is 32.6. The van der Waals surface area contributed by atoms with Crippen LogP contribution in [0.15, 0.2) is 0 Å². The molecule has 0 bridgehead atoms. The number of carbonyl (C=O) groups excluding carboxylic acids is 1. The van der Waals surface area contributed by atoms with Crippen LogP contribution in [-0.4, -0.2) is 54.7 Å². The van der Waals surface area contributed by atoms with Crippen LogP contribution < -0.4 is 11.1 Å². The minimum atomic E-state index is -0.272. The Morgan fingerprint density at radius 3 is 2.43 bits per heavy atom. The molecule has 2 heterocycles. The Balaban J connectivity index is 1.39. The Bertz CT molecular complexity index is 349. The Labute approximate surface area is 127 Å². The highest BCUT2D eigenvalue weighted by Gasteiger charge is 2.32. The molecule has 0 spiro atoms. The third-order valence-corrected chi connectivity index (χ3v) is 5.38. The number of rotatable bonds is 4. The quantitative estimate of drug-likeness (QED) is 0.812. The second-order valence-corrected chi connectivity index (χ2v) is 6.82. The van der Waals surface area contributed by atoms with E-state index in [4.69, 9.17) is 10.5 Å². The molecule has 0 aromatic carbocycles. The molecule has 2 saturated heterocycles. The smallest absolute Gasteiger partial charge is 0.249 e. The molecule has 3 N–H and O–H groups in total. The Kier molecular flexibility index (Phi) is 5.14. The molecule has 1 saturated carbocycles. The second kappa shape index (κ2) is 7.07. The van der Waals surface area contributed by atoms with E-state index in [2.05, 4.69) is 10.2 Å². The lowest BCUT2D eigenvalue weighted by Gasteiger charge is -2.36. The highest BCUT2D eigenvalue weighted by atomic mass is 16.5. The molecule has 3 fully saturated rings. The summed E-state index contributed by atoms with van der Waals surface area (Å²) in [6.45, 7) is 2.78. The summed E-state index contributed by atoms with van der Waals surface area (Å²) in [6.07, 6.45) is 9.21. The van der Waals surface area contributed by atoms with Gasteiger partial charge in [-0.25, -0.2) is 0 Å². The van der Waals surface area contributed by atoms with Crippen molar-refractivity contribution in [2.75, 3.05) is 19.6 Å². The number of hydrogen-bond donors (Lipinski definition) is 2. The molecular formula is C16H29N3O2. The zero-order valence-electron chi connectivity index (χ0n) is 12.9. The number of likely N-dealkylation sites (tertiary alicyclic amines) is 1. The molecule has 3 rings (SSSR count). The lowest BCUT2D eigenvalue weighted by Crippen LogP contribution is -2.49. The summed E-state index contributed by atoms with van der Waals surface area (Å²) in [6, 6.07) is 1.14. The summed E-state index contributed by atoms with van der Waals surface area (Å²) in [5.74, 6) is 0.0743. The molecule has 5 nitrogen and oxygen atoms in total. The Morgan fingerprint density at radius 2 is 1.81 bits per heavy atom. The van der Waals surface area contributed by atoms with Gasteiger partial charge in [0.2, 0.25) is 5.91 Å². The summed E-state index contributed by atoms with van der Waals surface area (Å²) in [4.78, 5) is 14.9. The molecule has 0 radical (unpaired) electrons. The van der Waals surface area contributed by atoms with Crippen LogP contribution in [0.5, 0.6) is 0 Å². The fourth-order valence-corrected chi connectivity index (χ4v) is 4.04. The first-order valence-corrected chi connectivity index (χ1v) is 8.66. The lowest BCUT2D eigenvalue weighted by atomic mass is 10.0. The molecule has 0 aromatic rings. The molecule has 1 amide bonds. The predicted octanol–water partition coefficient (Wildman–Crippen LogP) is 1.02. The summed E-state index contributed by atoms with van der Waals surface area (Å²) in [5.41, 5.74) is 5.59. The number of piperidine rings is 1. The average molecular weight is 295 g/mol. The third kappa shape index (κ3) is 3.76. The zero-order valence-corrected chi connectivity index (χ0v) is 12.9. The van der Waals surface area contributed by atoms with Gasteiger partial charge >= 0.3 is 0 Å². The number of carbonyl (C=O) groups is 1. The molecule has 120 valence electrons. The summed E-state index contributed by atoms with van der Waals surface area (Å²) in [5, 5.41) is 3.19. The first-order chi connectivity index (χ1) is 10.3. The third-order valence-electron chi connectivity index (χ3n) is 5.38. The van der Waals surface area contributed by atoms with Crippen molar-refractivity contribution in [1.29, 1.82) is 0 Å². The van der Waals surface area contributed by atoms with Crippen molar-refractivity contribution in [2.45, 2.75) is 75.7 Å². The molecule has 0 unspecified atom stereocenters. The van der Waals surface area contributed by atoms with Gasteiger partial charge in [0.05, 0.1) is 6.10 Å². The van der Waals surface area contributed by atoms with Crippen molar-refractivity contribution in [3.8, 4) is 0 Å². The first-order valence-electron chi connectivity index (χ1n) is 8.66. The van der Waals surface area contributed by atoms with E-state index in [1.807, 2.05) is 0 Å². The fourth-order valence-electron chi connectivity index (χ4n) is 4.04. The first kappa shape index (κ1) is 15.3. The van der Waals surface area contributed by atoms with Gasteiger partial charge in [-0.2, -0.15) is 0 Å². The molecule has 1 aliphatic carbocycles. The van der Waals surface area contributed by atoms with E-state index in [1.54, 1.807) is 0 Å². The molecule has 21 heavy (non-hydrogen) atoms. The second-order valence-electron chi connectivity index (χ2n) is 6.82. The van der Waals surface area contributed by atoms with Crippen molar-refractivity contribution in [1.82, 2.24) is 10.2 Å². The largest absolute Gasteiger partial charge is 0.364 e. The van der Waals surface area contributed by atoms with Crippen LogP contribution in [-0.2, 0) is 9.53 Å². The van der Waals surface area contributed by atoms with E-state index in [-0.39, 0.29) is 18.1 Å². The summed E-state index contributed by atoms with van der Waals surface area (Å²) >= 11 is 0. The van der Waals surface area contributed by atoms with Crippen molar-refractivity contribution < 1.29 is 9.53 Å². The number of ether oxygens (including phenoxy) is 1. The van der Waals surface area contributed by atoms with Crippen LogP contribution in [0.25, 0.3) is 0 Å². The zero-order chi connectivity index (χ0) is 14.7. The van der Waals surface area contributed by atoms with E-state index in [0.717, 1.165) is 44.8 Å². The van der Waals surface area contributed by atoms with Gasteiger partial charge in [0.15, 0.2) is 0 Å². The Hall–Kier alpha value is -0.650. The number of nitrogens with one attached hydrogen (secondary N) is 1. The Morgan fingerprint density at radius 1 is 1.10 bits per heavy atom. The van der Waals surface area contributed by atoms with E-state index in [9.17, 15) is 4.79 Å². The standard InChI is InChI=1S/C16H29N3O2/c17-11-14-5-6-15(21-14)16(20)18-12-7-9-19(10-8-12)13-3-1-2-4-13/h12-15H,1-11,17H2,(H,18,20)/t14-,15+/m1/s1. The fraction of sp³-hybridized carbons (Fsp3) is 0.938. The maximum absolute atomic E-state index is 12.2. The summed E-state index contributed by atoms with van der Waals surface area (Å²) < 4.78 is 5.67. The number of nitrogens with two attached hydrogens (primary N) is 1. The van der Waals surface area contributed by atoms with Crippen LogP contribution in [0, 0.1) is 0 Å². The van der Waals surface area contributed by atoms with Gasteiger partial charge in [-0.15, -0.1) is 0 Å². The SMILES string of the molecule is NC[C@H]1CC[C@@H](C(=O)NC2CCN(C3CCCC3)CC2)O1. The number of nitrogens with zero attached hydrogens (tertiary/aromatic N) is 1. The van der Waals surface area contributed by atoms with Crippen molar-refractivity contribution in [3.63, 3.8) is 0 Å². The average Bonchev–Trinajstić information content (AvgIpc) is 3.19. The highest BCUT2D eigenvalue weighted by Crippen LogP contribution is 2.26. The van der Waals surface area contributed by atoms with E-state index >= 15 is 0 Å². The van der Waals surface area contributed by atoms with Crippen LogP contribution in [0.2, 0.25) is 0 Å². The molecule has 2 aliphatic heterocycles. The van der Waals surface area contributed by atoms with Gasteiger partial charge in [0, 0.05) is 31.7 Å². The number of hydrogen-bond acceptors (Lipinski definition) is 4.